The van der Waals surface area contributed by atoms with Crippen molar-refractivity contribution >= 4 is 23.2 Å². The lowest BCUT2D eigenvalue weighted by Crippen LogP contribution is -2.29. The van der Waals surface area contributed by atoms with Crippen LogP contribution in [0.25, 0.3) is 0 Å². The van der Waals surface area contributed by atoms with Gasteiger partial charge in [-0.2, -0.15) is 0 Å². The van der Waals surface area contributed by atoms with Crippen LogP contribution < -0.4 is 10.9 Å². The van der Waals surface area contributed by atoms with Crippen LogP contribution in [-0.4, -0.2) is 10.5 Å². The van der Waals surface area contributed by atoms with Gasteiger partial charge in [-0.3, -0.25) is 9.59 Å². The van der Waals surface area contributed by atoms with Crippen LogP contribution in [0.5, 0.6) is 0 Å². The molecule has 0 aliphatic carbocycles. The molecule has 3 rings (SSSR count). The minimum atomic E-state index is -0.652. The number of anilines is 1. The van der Waals surface area contributed by atoms with E-state index >= 15 is 0 Å². The molecular formula is C19H14ClFN2O2. The number of rotatable bonds is 4. The number of hydrogen-bond acceptors (Lipinski definition) is 2. The summed E-state index contributed by atoms with van der Waals surface area (Å²) in [4.78, 5) is 24.9. The Morgan fingerprint density at radius 2 is 1.76 bits per heavy atom. The van der Waals surface area contributed by atoms with Crippen LogP contribution in [0.1, 0.15) is 15.9 Å². The Bertz CT molecular complexity index is 968. The van der Waals surface area contributed by atoms with Gasteiger partial charge in [0.2, 0.25) is 0 Å². The van der Waals surface area contributed by atoms with Gasteiger partial charge in [0.15, 0.2) is 0 Å². The Morgan fingerprint density at radius 1 is 1.04 bits per heavy atom. The summed E-state index contributed by atoms with van der Waals surface area (Å²) in [6.07, 6.45) is 1.59. The summed E-state index contributed by atoms with van der Waals surface area (Å²) in [5, 5.41) is 3.03. The molecule has 0 unspecified atom stereocenters. The highest BCUT2D eigenvalue weighted by Crippen LogP contribution is 2.13. The van der Waals surface area contributed by atoms with E-state index in [1.165, 1.54) is 28.8 Å². The van der Waals surface area contributed by atoms with Gasteiger partial charge in [-0.05, 0) is 42.0 Å². The van der Waals surface area contributed by atoms with E-state index in [-0.39, 0.29) is 11.3 Å². The lowest BCUT2D eigenvalue weighted by molar-refractivity contribution is 0.102. The van der Waals surface area contributed by atoms with Crippen molar-refractivity contribution in [2.24, 2.45) is 0 Å². The topological polar surface area (TPSA) is 51.1 Å². The summed E-state index contributed by atoms with van der Waals surface area (Å²) in [6, 6.07) is 15.9. The molecular weight excluding hydrogens is 343 g/mol. The zero-order valence-corrected chi connectivity index (χ0v) is 13.8. The lowest BCUT2D eigenvalue weighted by Gasteiger charge is -2.09. The molecule has 0 bridgehead atoms. The van der Waals surface area contributed by atoms with Crippen LogP contribution in [-0.2, 0) is 6.54 Å². The number of carbonyl (C=O) groups is 1. The maximum atomic E-state index is 13.7. The molecule has 0 aliphatic rings. The van der Waals surface area contributed by atoms with Gasteiger partial charge in [0, 0.05) is 11.2 Å². The van der Waals surface area contributed by atoms with E-state index in [1.807, 2.05) is 0 Å². The van der Waals surface area contributed by atoms with Crippen LogP contribution in [0, 0.1) is 5.82 Å². The Kier molecular flexibility index (Phi) is 4.95. The highest BCUT2D eigenvalue weighted by molar-refractivity contribution is 6.30. The molecule has 2 aromatic carbocycles. The molecule has 1 heterocycles. The SMILES string of the molecule is O=C(Nc1ccccc1F)c1cccn(Cc2ccc(Cl)cc2)c1=O. The van der Waals surface area contributed by atoms with Crippen molar-refractivity contribution in [3.8, 4) is 0 Å². The summed E-state index contributed by atoms with van der Waals surface area (Å²) in [5.74, 6) is -1.21. The highest BCUT2D eigenvalue weighted by atomic mass is 35.5. The second-order valence-corrected chi connectivity index (χ2v) is 5.85. The molecule has 3 aromatic rings. The van der Waals surface area contributed by atoms with E-state index in [0.717, 1.165) is 5.56 Å². The quantitative estimate of drug-likeness (QED) is 0.769. The monoisotopic (exact) mass is 356 g/mol. The van der Waals surface area contributed by atoms with Crippen molar-refractivity contribution in [3.05, 3.63) is 99.2 Å². The zero-order chi connectivity index (χ0) is 17.8. The Labute approximate surface area is 148 Å². The maximum absolute atomic E-state index is 13.7. The molecule has 1 N–H and O–H groups in total. The van der Waals surface area contributed by atoms with E-state index in [0.29, 0.717) is 11.6 Å². The fraction of sp³-hybridized carbons (Fsp3) is 0.0526. The molecule has 0 saturated heterocycles. The van der Waals surface area contributed by atoms with Crippen LogP contribution in [0.15, 0.2) is 71.7 Å². The van der Waals surface area contributed by atoms with E-state index in [4.69, 9.17) is 11.6 Å². The third-order valence-electron chi connectivity index (χ3n) is 3.65. The van der Waals surface area contributed by atoms with Crippen LogP contribution in [0.3, 0.4) is 0 Å². The molecule has 1 aromatic heterocycles. The number of nitrogens with zero attached hydrogens (tertiary/aromatic N) is 1. The third kappa shape index (κ3) is 3.95. The number of nitrogens with one attached hydrogen (secondary N) is 1. The summed E-state index contributed by atoms with van der Waals surface area (Å²) in [7, 11) is 0. The molecule has 6 heteroatoms. The molecule has 0 aliphatic heterocycles. The Balaban J connectivity index is 1.85. The van der Waals surface area contributed by atoms with Crippen molar-refractivity contribution in [1.82, 2.24) is 4.57 Å². The summed E-state index contributed by atoms with van der Waals surface area (Å²) in [6.45, 7) is 0.302. The largest absolute Gasteiger partial charge is 0.319 e. The van der Waals surface area contributed by atoms with Gasteiger partial charge < -0.3 is 9.88 Å². The van der Waals surface area contributed by atoms with Gasteiger partial charge >= 0.3 is 0 Å². The smallest absolute Gasteiger partial charge is 0.263 e. The number of amides is 1. The Morgan fingerprint density at radius 3 is 2.48 bits per heavy atom. The molecule has 4 nitrogen and oxygen atoms in total. The highest BCUT2D eigenvalue weighted by Gasteiger charge is 2.14. The van der Waals surface area contributed by atoms with Crippen molar-refractivity contribution in [2.45, 2.75) is 6.54 Å². The van der Waals surface area contributed by atoms with E-state index in [2.05, 4.69) is 5.32 Å². The minimum Gasteiger partial charge on any atom is -0.319 e. The summed E-state index contributed by atoms with van der Waals surface area (Å²) >= 11 is 5.85. The fourth-order valence-corrected chi connectivity index (χ4v) is 2.50. The van der Waals surface area contributed by atoms with E-state index in [9.17, 15) is 14.0 Å². The average Bonchev–Trinajstić information content (AvgIpc) is 2.60. The first-order chi connectivity index (χ1) is 12.0. The second kappa shape index (κ2) is 7.32. The van der Waals surface area contributed by atoms with Crippen molar-refractivity contribution < 1.29 is 9.18 Å². The molecule has 0 fully saturated rings. The number of aromatic nitrogens is 1. The number of hydrogen-bond donors (Lipinski definition) is 1. The summed E-state index contributed by atoms with van der Waals surface area (Å²) in [5.41, 5.74) is 0.393. The fourth-order valence-electron chi connectivity index (χ4n) is 2.37. The minimum absolute atomic E-state index is 0.0278. The predicted molar refractivity (Wildman–Crippen MR) is 95.6 cm³/mol. The third-order valence-corrected chi connectivity index (χ3v) is 3.91. The lowest BCUT2D eigenvalue weighted by atomic mass is 10.2. The number of para-hydroxylation sites is 1. The van der Waals surface area contributed by atoms with E-state index < -0.39 is 17.3 Å². The van der Waals surface area contributed by atoms with Crippen LogP contribution >= 0.6 is 11.6 Å². The second-order valence-electron chi connectivity index (χ2n) is 5.42. The first-order valence-electron chi connectivity index (χ1n) is 7.54. The van der Waals surface area contributed by atoms with Gasteiger partial charge in [0.05, 0.1) is 12.2 Å². The van der Waals surface area contributed by atoms with Gasteiger partial charge in [0.25, 0.3) is 11.5 Å². The molecule has 0 saturated carbocycles. The average molecular weight is 357 g/mol. The van der Waals surface area contributed by atoms with Gasteiger partial charge in [-0.25, -0.2) is 4.39 Å². The molecule has 0 atom stereocenters. The normalized spacial score (nSPS) is 10.5. The first-order valence-corrected chi connectivity index (χ1v) is 7.92. The van der Waals surface area contributed by atoms with Crippen LogP contribution in [0.2, 0.25) is 5.02 Å². The molecule has 0 radical (unpaired) electrons. The molecule has 126 valence electrons. The number of carbonyl (C=O) groups excluding carboxylic acids is 1. The number of benzene rings is 2. The van der Waals surface area contributed by atoms with Crippen molar-refractivity contribution in [2.75, 3.05) is 5.32 Å². The van der Waals surface area contributed by atoms with Crippen molar-refractivity contribution in [1.29, 1.82) is 0 Å². The van der Waals surface area contributed by atoms with E-state index in [1.54, 1.807) is 42.6 Å². The summed E-state index contributed by atoms with van der Waals surface area (Å²) < 4.78 is 15.1. The number of halogens is 2. The molecule has 1 amide bonds. The van der Waals surface area contributed by atoms with Gasteiger partial charge in [0.1, 0.15) is 11.4 Å². The van der Waals surface area contributed by atoms with Gasteiger partial charge in [-0.1, -0.05) is 35.9 Å². The Hall–Kier alpha value is -2.92. The standard InChI is InChI=1S/C19H14ClFN2O2/c20-14-9-7-13(8-10-14)12-23-11-3-4-15(19(23)25)18(24)22-17-6-2-1-5-16(17)21/h1-11H,12H2,(H,22,24). The van der Waals surface area contributed by atoms with Crippen LogP contribution in [0.4, 0.5) is 10.1 Å². The molecule has 25 heavy (non-hydrogen) atoms. The number of pyridine rings is 1. The van der Waals surface area contributed by atoms with Crippen molar-refractivity contribution in [3.63, 3.8) is 0 Å². The zero-order valence-electron chi connectivity index (χ0n) is 13.1. The predicted octanol–water partition coefficient (Wildman–Crippen LogP) is 3.94. The van der Waals surface area contributed by atoms with Gasteiger partial charge in [-0.15, -0.1) is 0 Å². The molecule has 0 spiro atoms. The first kappa shape index (κ1) is 16.9. The maximum Gasteiger partial charge on any atom is 0.263 e.